The summed E-state index contributed by atoms with van der Waals surface area (Å²) < 4.78 is 5.30. The Morgan fingerprint density at radius 3 is 2.71 bits per heavy atom. The van der Waals surface area contributed by atoms with Crippen LogP contribution >= 0.6 is 0 Å². The number of carboxylic acids is 1. The van der Waals surface area contributed by atoms with Gasteiger partial charge >= 0.3 is 5.97 Å². The lowest BCUT2D eigenvalue weighted by molar-refractivity contribution is 0.0689. The SMILES string of the molecule is CCCC(C)c1nc(C(=O)O)c(C)o1. The van der Waals surface area contributed by atoms with Crippen LogP contribution in [0.5, 0.6) is 0 Å². The molecule has 1 unspecified atom stereocenters. The predicted octanol–water partition coefficient (Wildman–Crippen LogP) is 2.58. The highest BCUT2D eigenvalue weighted by atomic mass is 16.4. The van der Waals surface area contributed by atoms with Crippen molar-refractivity contribution in [1.82, 2.24) is 4.98 Å². The van der Waals surface area contributed by atoms with Gasteiger partial charge in [-0.2, -0.15) is 0 Å². The smallest absolute Gasteiger partial charge is 0.358 e. The van der Waals surface area contributed by atoms with Gasteiger partial charge in [0.1, 0.15) is 5.76 Å². The third-order valence-electron chi connectivity index (χ3n) is 2.16. The molecule has 0 saturated heterocycles. The Balaban J connectivity index is 2.90. The number of nitrogens with zero attached hydrogens (tertiary/aromatic N) is 1. The lowest BCUT2D eigenvalue weighted by Crippen LogP contribution is -2.00. The quantitative estimate of drug-likeness (QED) is 0.805. The maximum Gasteiger partial charge on any atom is 0.358 e. The predicted molar refractivity (Wildman–Crippen MR) is 51.5 cm³/mol. The van der Waals surface area contributed by atoms with E-state index in [9.17, 15) is 4.79 Å². The van der Waals surface area contributed by atoms with Crippen LogP contribution in [0.2, 0.25) is 0 Å². The first kappa shape index (κ1) is 10.8. The van der Waals surface area contributed by atoms with Crippen LogP contribution in [0.1, 0.15) is 54.7 Å². The molecule has 0 amide bonds. The van der Waals surface area contributed by atoms with Crippen molar-refractivity contribution in [1.29, 1.82) is 0 Å². The van der Waals surface area contributed by atoms with Gasteiger partial charge in [-0.1, -0.05) is 20.3 Å². The minimum absolute atomic E-state index is 0.0305. The second-order valence-corrected chi connectivity index (χ2v) is 3.45. The summed E-state index contributed by atoms with van der Waals surface area (Å²) in [5.41, 5.74) is 0.0305. The number of carboxylic acid groups (broad SMARTS) is 1. The van der Waals surface area contributed by atoms with Gasteiger partial charge in [0.2, 0.25) is 0 Å². The van der Waals surface area contributed by atoms with Crippen LogP contribution in [-0.2, 0) is 0 Å². The largest absolute Gasteiger partial charge is 0.476 e. The van der Waals surface area contributed by atoms with Gasteiger partial charge in [0.25, 0.3) is 0 Å². The Morgan fingerprint density at radius 2 is 2.29 bits per heavy atom. The molecule has 0 radical (unpaired) electrons. The first-order chi connectivity index (χ1) is 6.56. The Morgan fingerprint density at radius 1 is 1.64 bits per heavy atom. The second kappa shape index (κ2) is 4.26. The number of aromatic nitrogens is 1. The number of aryl methyl sites for hydroxylation is 1. The molecule has 1 N–H and O–H groups in total. The molecule has 0 aliphatic carbocycles. The molecule has 0 saturated carbocycles. The van der Waals surface area contributed by atoms with E-state index < -0.39 is 5.97 Å². The number of hydrogen-bond acceptors (Lipinski definition) is 3. The van der Waals surface area contributed by atoms with Crippen LogP contribution in [0.25, 0.3) is 0 Å². The molecule has 0 aliphatic rings. The van der Waals surface area contributed by atoms with E-state index in [-0.39, 0.29) is 11.6 Å². The van der Waals surface area contributed by atoms with E-state index in [0.717, 1.165) is 12.8 Å². The van der Waals surface area contributed by atoms with Crippen LogP contribution in [0.15, 0.2) is 4.42 Å². The molecule has 0 aromatic carbocycles. The molecular weight excluding hydrogens is 182 g/mol. The first-order valence-corrected chi connectivity index (χ1v) is 4.76. The van der Waals surface area contributed by atoms with Gasteiger partial charge < -0.3 is 9.52 Å². The maximum atomic E-state index is 10.7. The summed E-state index contributed by atoms with van der Waals surface area (Å²) in [5, 5.41) is 8.77. The van der Waals surface area contributed by atoms with Crippen molar-refractivity contribution in [3.63, 3.8) is 0 Å². The van der Waals surface area contributed by atoms with E-state index in [2.05, 4.69) is 11.9 Å². The molecule has 78 valence electrons. The van der Waals surface area contributed by atoms with E-state index in [1.807, 2.05) is 6.92 Å². The van der Waals surface area contributed by atoms with Gasteiger partial charge in [-0.05, 0) is 13.3 Å². The van der Waals surface area contributed by atoms with E-state index in [4.69, 9.17) is 9.52 Å². The van der Waals surface area contributed by atoms with E-state index in [1.165, 1.54) is 0 Å². The Hall–Kier alpha value is -1.32. The molecule has 0 bridgehead atoms. The lowest BCUT2D eigenvalue weighted by atomic mass is 10.1. The highest BCUT2D eigenvalue weighted by molar-refractivity contribution is 5.86. The molecule has 1 rings (SSSR count). The zero-order valence-electron chi connectivity index (χ0n) is 8.70. The van der Waals surface area contributed by atoms with Crippen molar-refractivity contribution in [2.45, 2.75) is 39.5 Å². The molecule has 0 fully saturated rings. The molecule has 4 heteroatoms. The third-order valence-corrected chi connectivity index (χ3v) is 2.16. The normalized spacial score (nSPS) is 12.8. The first-order valence-electron chi connectivity index (χ1n) is 4.76. The molecule has 0 aliphatic heterocycles. The van der Waals surface area contributed by atoms with Gasteiger partial charge in [0.05, 0.1) is 0 Å². The minimum Gasteiger partial charge on any atom is -0.476 e. The maximum absolute atomic E-state index is 10.7. The fraction of sp³-hybridized carbons (Fsp3) is 0.600. The highest BCUT2D eigenvalue weighted by Crippen LogP contribution is 2.22. The molecule has 14 heavy (non-hydrogen) atoms. The van der Waals surface area contributed by atoms with Crippen molar-refractivity contribution < 1.29 is 14.3 Å². The van der Waals surface area contributed by atoms with Gasteiger partial charge in [0.15, 0.2) is 11.6 Å². The van der Waals surface area contributed by atoms with Crippen molar-refractivity contribution >= 4 is 5.97 Å². The molecule has 1 heterocycles. The third kappa shape index (κ3) is 2.13. The van der Waals surface area contributed by atoms with Gasteiger partial charge in [0, 0.05) is 5.92 Å². The monoisotopic (exact) mass is 197 g/mol. The zero-order valence-corrected chi connectivity index (χ0v) is 8.70. The number of carbonyl (C=O) groups is 1. The van der Waals surface area contributed by atoms with Crippen molar-refractivity contribution in [3.8, 4) is 0 Å². The molecule has 1 aromatic rings. The second-order valence-electron chi connectivity index (χ2n) is 3.45. The number of rotatable bonds is 4. The lowest BCUT2D eigenvalue weighted by Gasteiger charge is -2.02. The van der Waals surface area contributed by atoms with E-state index in [1.54, 1.807) is 6.92 Å². The topological polar surface area (TPSA) is 63.3 Å². The summed E-state index contributed by atoms with van der Waals surface area (Å²) in [6.07, 6.45) is 1.99. The summed E-state index contributed by atoms with van der Waals surface area (Å²) >= 11 is 0. The summed E-state index contributed by atoms with van der Waals surface area (Å²) in [5.74, 6) is 0.0743. The summed E-state index contributed by atoms with van der Waals surface area (Å²) in [7, 11) is 0. The van der Waals surface area contributed by atoms with Crippen LogP contribution in [0.3, 0.4) is 0 Å². The minimum atomic E-state index is -1.03. The van der Waals surface area contributed by atoms with E-state index >= 15 is 0 Å². The van der Waals surface area contributed by atoms with Crippen LogP contribution < -0.4 is 0 Å². The molecule has 0 spiro atoms. The molecule has 1 atom stereocenters. The van der Waals surface area contributed by atoms with Crippen molar-refractivity contribution in [3.05, 3.63) is 17.3 Å². The standard InChI is InChI=1S/C10H15NO3/c1-4-5-6(2)9-11-8(10(12)13)7(3)14-9/h6H,4-5H2,1-3H3,(H,12,13). The van der Waals surface area contributed by atoms with Gasteiger partial charge in [-0.25, -0.2) is 9.78 Å². The van der Waals surface area contributed by atoms with Crippen LogP contribution in [0.4, 0.5) is 0 Å². The average molecular weight is 197 g/mol. The molecular formula is C10H15NO3. The zero-order chi connectivity index (χ0) is 10.7. The number of hydrogen-bond donors (Lipinski definition) is 1. The number of oxazole rings is 1. The summed E-state index contributed by atoms with van der Waals surface area (Å²) in [6.45, 7) is 5.68. The van der Waals surface area contributed by atoms with Gasteiger partial charge in [-0.3, -0.25) is 0 Å². The van der Waals surface area contributed by atoms with Crippen LogP contribution in [-0.4, -0.2) is 16.1 Å². The fourth-order valence-electron chi connectivity index (χ4n) is 1.38. The summed E-state index contributed by atoms with van der Waals surface area (Å²) in [4.78, 5) is 14.7. The van der Waals surface area contributed by atoms with E-state index in [0.29, 0.717) is 11.7 Å². The Kier molecular flexibility index (Phi) is 3.28. The molecule has 4 nitrogen and oxygen atoms in total. The fourth-order valence-corrected chi connectivity index (χ4v) is 1.38. The Labute approximate surface area is 83.0 Å². The van der Waals surface area contributed by atoms with Crippen molar-refractivity contribution in [2.75, 3.05) is 0 Å². The average Bonchev–Trinajstić information content (AvgIpc) is 2.48. The summed E-state index contributed by atoms with van der Waals surface area (Å²) in [6, 6.07) is 0. The molecule has 1 aromatic heterocycles. The highest BCUT2D eigenvalue weighted by Gasteiger charge is 2.18. The van der Waals surface area contributed by atoms with Crippen molar-refractivity contribution in [2.24, 2.45) is 0 Å². The Bertz CT molecular complexity index is 330. The van der Waals surface area contributed by atoms with Gasteiger partial charge in [-0.15, -0.1) is 0 Å². The number of aromatic carboxylic acids is 1. The van der Waals surface area contributed by atoms with Crippen LogP contribution in [0, 0.1) is 6.92 Å².